The van der Waals surface area contributed by atoms with E-state index < -0.39 is 5.82 Å². The molecule has 0 bridgehead atoms. The zero-order chi connectivity index (χ0) is 12.5. The molecule has 1 fully saturated rings. The second-order valence-corrected chi connectivity index (χ2v) is 5.39. The normalized spacial score (nSPS) is 22.4. The van der Waals surface area contributed by atoms with Gasteiger partial charge in [0.25, 0.3) is 5.91 Å². The monoisotopic (exact) mass is 235 g/mol. The number of halogens is 1. The van der Waals surface area contributed by atoms with Gasteiger partial charge in [-0.05, 0) is 30.4 Å². The summed E-state index contributed by atoms with van der Waals surface area (Å²) in [6.45, 7) is 4.29. The molecule has 1 aliphatic carbocycles. The van der Waals surface area contributed by atoms with Gasteiger partial charge in [-0.25, -0.2) is 4.39 Å². The van der Waals surface area contributed by atoms with Crippen molar-refractivity contribution in [2.45, 2.75) is 39.2 Å². The lowest BCUT2D eigenvalue weighted by Gasteiger charge is -2.27. The van der Waals surface area contributed by atoms with Gasteiger partial charge in [0.15, 0.2) is 0 Å². The van der Waals surface area contributed by atoms with Crippen molar-refractivity contribution in [2.75, 3.05) is 0 Å². The number of hydrogen-bond donors (Lipinski definition) is 1. The fraction of sp³-hybridized carbons (Fsp3) is 0.500. The van der Waals surface area contributed by atoms with E-state index >= 15 is 0 Å². The first kappa shape index (κ1) is 12.1. The van der Waals surface area contributed by atoms with Crippen molar-refractivity contribution in [2.24, 2.45) is 5.41 Å². The molecule has 0 aliphatic heterocycles. The maximum Gasteiger partial charge on any atom is 0.254 e. The third-order valence-electron chi connectivity index (χ3n) is 3.68. The van der Waals surface area contributed by atoms with E-state index in [4.69, 9.17) is 0 Å². The molecule has 2 nitrogen and oxygen atoms in total. The number of carbonyl (C=O) groups is 1. The van der Waals surface area contributed by atoms with Gasteiger partial charge in [-0.1, -0.05) is 32.4 Å². The summed E-state index contributed by atoms with van der Waals surface area (Å²) in [7, 11) is 0. The van der Waals surface area contributed by atoms with E-state index in [0.717, 1.165) is 19.3 Å². The first-order chi connectivity index (χ1) is 8.00. The highest BCUT2D eigenvalue weighted by Crippen LogP contribution is 2.37. The van der Waals surface area contributed by atoms with E-state index in [9.17, 15) is 9.18 Å². The number of nitrogens with one attached hydrogen (secondary N) is 1. The minimum absolute atomic E-state index is 0.112. The first-order valence-corrected chi connectivity index (χ1v) is 6.06. The Kier molecular flexibility index (Phi) is 3.18. The number of amides is 1. The first-order valence-electron chi connectivity index (χ1n) is 6.06. The molecule has 1 aromatic rings. The molecule has 92 valence electrons. The highest BCUT2D eigenvalue weighted by Gasteiger charge is 2.35. The van der Waals surface area contributed by atoms with Gasteiger partial charge in [-0.15, -0.1) is 0 Å². The summed E-state index contributed by atoms with van der Waals surface area (Å²) >= 11 is 0. The molecule has 1 aromatic carbocycles. The minimum Gasteiger partial charge on any atom is -0.349 e. The lowest BCUT2D eigenvalue weighted by molar-refractivity contribution is 0.0906. The molecule has 1 atom stereocenters. The van der Waals surface area contributed by atoms with Crippen LogP contribution in [0.4, 0.5) is 4.39 Å². The Hall–Kier alpha value is -1.38. The van der Waals surface area contributed by atoms with Gasteiger partial charge in [-0.2, -0.15) is 0 Å². The van der Waals surface area contributed by atoms with Crippen LogP contribution in [0.25, 0.3) is 0 Å². The molecule has 17 heavy (non-hydrogen) atoms. The third kappa shape index (κ3) is 2.48. The van der Waals surface area contributed by atoms with E-state index in [-0.39, 0.29) is 22.9 Å². The lowest BCUT2D eigenvalue weighted by atomic mass is 9.87. The fourth-order valence-electron chi connectivity index (χ4n) is 2.48. The van der Waals surface area contributed by atoms with Crippen molar-refractivity contribution in [3.8, 4) is 0 Å². The predicted octanol–water partition coefficient (Wildman–Crippen LogP) is 3.13. The fourth-order valence-corrected chi connectivity index (χ4v) is 2.48. The predicted molar refractivity (Wildman–Crippen MR) is 65.3 cm³/mol. The molecule has 1 saturated carbocycles. The molecule has 0 saturated heterocycles. The maximum atomic E-state index is 13.4. The summed E-state index contributed by atoms with van der Waals surface area (Å²) in [6, 6.07) is 6.25. The molecule has 1 amide bonds. The Morgan fingerprint density at radius 3 is 2.71 bits per heavy atom. The Labute approximate surface area is 101 Å². The van der Waals surface area contributed by atoms with Crippen LogP contribution >= 0.6 is 0 Å². The molecule has 1 aliphatic rings. The largest absolute Gasteiger partial charge is 0.349 e. The van der Waals surface area contributed by atoms with Gasteiger partial charge in [0.2, 0.25) is 0 Å². The van der Waals surface area contributed by atoms with Crippen LogP contribution in [0.5, 0.6) is 0 Å². The highest BCUT2D eigenvalue weighted by molar-refractivity contribution is 5.94. The molecule has 0 spiro atoms. The van der Waals surface area contributed by atoms with Gasteiger partial charge < -0.3 is 5.32 Å². The molecule has 0 aromatic heterocycles. The van der Waals surface area contributed by atoms with Crippen molar-refractivity contribution in [3.63, 3.8) is 0 Å². The lowest BCUT2D eigenvalue weighted by Crippen LogP contribution is -2.41. The van der Waals surface area contributed by atoms with Crippen LogP contribution in [0.1, 0.15) is 43.5 Å². The van der Waals surface area contributed by atoms with Gasteiger partial charge >= 0.3 is 0 Å². The van der Waals surface area contributed by atoms with Crippen molar-refractivity contribution in [3.05, 3.63) is 35.6 Å². The maximum absolute atomic E-state index is 13.4. The van der Waals surface area contributed by atoms with Crippen LogP contribution in [0, 0.1) is 11.2 Å². The Balaban J connectivity index is 2.10. The molecule has 1 unspecified atom stereocenters. The summed E-state index contributed by atoms with van der Waals surface area (Å²) in [6.07, 6.45) is 3.21. The molecule has 0 radical (unpaired) electrons. The topological polar surface area (TPSA) is 29.1 Å². The van der Waals surface area contributed by atoms with Gasteiger partial charge in [0.05, 0.1) is 5.56 Å². The number of carbonyl (C=O) groups excluding carboxylic acids is 1. The van der Waals surface area contributed by atoms with Crippen molar-refractivity contribution >= 4 is 5.91 Å². The molecule has 3 heteroatoms. The van der Waals surface area contributed by atoms with Crippen LogP contribution < -0.4 is 5.32 Å². The van der Waals surface area contributed by atoms with E-state index in [1.54, 1.807) is 12.1 Å². The zero-order valence-corrected chi connectivity index (χ0v) is 10.3. The van der Waals surface area contributed by atoms with Crippen molar-refractivity contribution in [1.82, 2.24) is 5.32 Å². The Bertz CT molecular complexity index is 428. The van der Waals surface area contributed by atoms with Gasteiger partial charge in [0, 0.05) is 6.04 Å². The number of rotatable bonds is 2. The molecule has 0 heterocycles. The summed E-state index contributed by atoms with van der Waals surface area (Å²) in [5.41, 5.74) is 0.246. The molecule has 2 rings (SSSR count). The van der Waals surface area contributed by atoms with Crippen molar-refractivity contribution in [1.29, 1.82) is 0 Å². The average Bonchev–Trinajstić information content (AvgIpc) is 2.59. The summed E-state index contributed by atoms with van der Waals surface area (Å²) < 4.78 is 13.4. The number of hydrogen-bond acceptors (Lipinski definition) is 1. The van der Waals surface area contributed by atoms with E-state index in [1.165, 1.54) is 12.1 Å². The Morgan fingerprint density at radius 1 is 1.41 bits per heavy atom. The van der Waals surface area contributed by atoms with Crippen molar-refractivity contribution < 1.29 is 9.18 Å². The Morgan fingerprint density at radius 2 is 2.12 bits per heavy atom. The SMILES string of the molecule is CC1(C)CCCC1NC(=O)c1ccccc1F. The zero-order valence-electron chi connectivity index (χ0n) is 10.3. The van der Waals surface area contributed by atoms with E-state index in [1.807, 2.05) is 0 Å². The van der Waals surface area contributed by atoms with Crippen LogP contribution in [0.3, 0.4) is 0 Å². The van der Waals surface area contributed by atoms with Gasteiger partial charge in [-0.3, -0.25) is 4.79 Å². The van der Waals surface area contributed by atoms with Crippen LogP contribution in [0.2, 0.25) is 0 Å². The average molecular weight is 235 g/mol. The second-order valence-electron chi connectivity index (χ2n) is 5.39. The third-order valence-corrected chi connectivity index (χ3v) is 3.68. The molecule has 1 N–H and O–H groups in total. The highest BCUT2D eigenvalue weighted by atomic mass is 19.1. The molecular weight excluding hydrogens is 217 g/mol. The number of benzene rings is 1. The summed E-state index contributed by atoms with van der Waals surface area (Å²) in [5, 5.41) is 2.95. The van der Waals surface area contributed by atoms with E-state index in [2.05, 4.69) is 19.2 Å². The minimum atomic E-state index is -0.458. The van der Waals surface area contributed by atoms with E-state index in [0.29, 0.717) is 0 Å². The van der Waals surface area contributed by atoms with Crippen LogP contribution in [0.15, 0.2) is 24.3 Å². The second kappa shape index (κ2) is 4.47. The smallest absolute Gasteiger partial charge is 0.254 e. The van der Waals surface area contributed by atoms with Crippen LogP contribution in [-0.4, -0.2) is 11.9 Å². The summed E-state index contributed by atoms with van der Waals surface area (Å²) in [5.74, 6) is -0.760. The standard InChI is InChI=1S/C14H18FNO/c1-14(2)9-5-8-12(14)16-13(17)10-6-3-4-7-11(10)15/h3-4,6-7,12H,5,8-9H2,1-2H3,(H,16,17). The van der Waals surface area contributed by atoms with Gasteiger partial charge in [0.1, 0.15) is 5.82 Å². The van der Waals surface area contributed by atoms with Crippen LogP contribution in [-0.2, 0) is 0 Å². The molecular formula is C14H18FNO. The quantitative estimate of drug-likeness (QED) is 0.838. The summed E-state index contributed by atoms with van der Waals surface area (Å²) in [4.78, 5) is 12.0.